The Morgan fingerprint density at radius 3 is 2.59 bits per heavy atom. The van der Waals surface area contributed by atoms with Gasteiger partial charge in [0, 0.05) is 43.9 Å². The van der Waals surface area contributed by atoms with Crippen molar-refractivity contribution in [3.05, 3.63) is 35.8 Å². The summed E-state index contributed by atoms with van der Waals surface area (Å²) in [6.45, 7) is 6.56. The number of hydrogen-bond acceptors (Lipinski definition) is 9. The molecule has 0 aromatic carbocycles. The second-order valence-electron chi connectivity index (χ2n) is 8.92. The van der Waals surface area contributed by atoms with Crippen LogP contribution < -0.4 is 14.8 Å². The van der Waals surface area contributed by atoms with Crippen LogP contribution in [0.25, 0.3) is 0 Å². The maximum Gasteiger partial charge on any atom is 0.469 e. The molecule has 1 saturated heterocycles. The van der Waals surface area contributed by atoms with Crippen LogP contribution in [0, 0.1) is 6.92 Å². The molecule has 0 radical (unpaired) electrons. The molecule has 3 N–H and O–H groups in total. The maximum absolute atomic E-state index is 12.1. The molecular formula is C24H35N4O8P. The number of nitrogens with one attached hydrogen (secondary N) is 1. The van der Waals surface area contributed by atoms with Gasteiger partial charge in [-0.2, -0.15) is 0 Å². The zero-order valence-electron chi connectivity index (χ0n) is 21.5. The molecule has 2 aromatic heterocycles. The summed E-state index contributed by atoms with van der Waals surface area (Å²) in [5.74, 6) is 1.49. The van der Waals surface area contributed by atoms with Gasteiger partial charge in [-0.25, -0.2) is 14.3 Å². The lowest BCUT2D eigenvalue weighted by molar-refractivity contribution is 0.0511. The smallest absolute Gasteiger partial charge is 0.469 e. The number of carbonyl (C=O) groups is 1. The van der Waals surface area contributed by atoms with Crippen LogP contribution in [0.3, 0.4) is 0 Å². The summed E-state index contributed by atoms with van der Waals surface area (Å²) in [7, 11) is -2.91. The van der Waals surface area contributed by atoms with Crippen LogP contribution in [0.15, 0.2) is 24.4 Å². The van der Waals surface area contributed by atoms with Crippen LogP contribution in [0.1, 0.15) is 44.5 Å². The van der Waals surface area contributed by atoms with Gasteiger partial charge in [0.1, 0.15) is 6.10 Å². The van der Waals surface area contributed by atoms with Crippen LogP contribution in [0.4, 0.5) is 16.3 Å². The SMILES string of the molecule is COc1c(OC2CCN(C(=O)OC(C)C)CC2)ccnc1Nc1ccc(CCCOP(=O)(O)O)nc1C. The van der Waals surface area contributed by atoms with E-state index in [-0.39, 0.29) is 24.9 Å². The van der Waals surface area contributed by atoms with Gasteiger partial charge in [0.25, 0.3) is 0 Å². The fourth-order valence-electron chi connectivity index (χ4n) is 3.87. The summed E-state index contributed by atoms with van der Waals surface area (Å²) in [4.78, 5) is 40.3. The maximum atomic E-state index is 12.1. The van der Waals surface area contributed by atoms with E-state index in [1.54, 1.807) is 24.3 Å². The molecule has 0 bridgehead atoms. The Bertz CT molecular complexity index is 1100. The molecule has 0 spiro atoms. The number of nitrogens with zero attached hydrogens (tertiary/aromatic N) is 3. The lowest BCUT2D eigenvalue weighted by Gasteiger charge is -2.32. The Morgan fingerprint density at radius 2 is 1.97 bits per heavy atom. The van der Waals surface area contributed by atoms with Gasteiger partial charge in [0.05, 0.1) is 31.2 Å². The van der Waals surface area contributed by atoms with E-state index in [0.717, 1.165) is 17.1 Å². The normalized spacial score (nSPS) is 14.5. The predicted octanol–water partition coefficient (Wildman–Crippen LogP) is 3.97. The molecule has 0 saturated carbocycles. The summed E-state index contributed by atoms with van der Waals surface area (Å²) < 4.78 is 32.4. The first-order valence-corrected chi connectivity index (χ1v) is 13.7. The summed E-state index contributed by atoms with van der Waals surface area (Å²) in [5.41, 5.74) is 2.23. The van der Waals surface area contributed by atoms with Gasteiger partial charge in [-0.3, -0.25) is 9.51 Å². The van der Waals surface area contributed by atoms with E-state index in [2.05, 4.69) is 19.8 Å². The first-order valence-electron chi connectivity index (χ1n) is 12.1. The first-order chi connectivity index (χ1) is 17.6. The van der Waals surface area contributed by atoms with Crippen LogP contribution in [0.5, 0.6) is 11.5 Å². The molecule has 37 heavy (non-hydrogen) atoms. The van der Waals surface area contributed by atoms with Gasteiger partial charge in [-0.1, -0.05) is 0 Å². The summed E-state index contributed by atoms with van der Waals surface area (Å²) in [5, 5.41) is 3.25. The lowest BCUT2D eigenvalue weighted by atomic mass is 10.1. The molecule has 0 aliphatic carbocycles. The number of ether oxygens (including phenoxy) is 3. The third-order valence-electron chi connectivity index (χ3n) is 5.64. The second-order valence-corrected chi connectivity index (χ2v) is 10.2. The van der Waals surface area contributed by atoms with E-state index >= 15 is 0 Å². The topological polar surface area (TPSA) is 153 Å². The first kappa shape index (κ1) is 28.6. The van der Waals surface area contributed by atoms with Gasteiger partial charge in [-0.05, 0) is 45.7 Å². The largest absolute Gasteiger partial charge is 0.490 e. The van der Waals surface area contributed by atoms with Crippen LogP contribution in [-0.2, 0) is 20.2 Å². The third kappa shape index (κ3) is 8.85. The minimum Gasteiger partial charge on any atom is -0.490 e. The zero-order chi connectivity index (χ0) is 27.0. The highest BCUT2D eigenvalue weighted by atomic mass is 31.2. The van der Waals surface area contributed by atoms with E-state index in [1.807, 2.05) is 32.9 Å². The van der Waals surface area contributed by atoms with Gasteiger partial charge < -0.3 is 34.2 Å². The second kappa shape index (κ2) is 13.0. The molecule has 204 valence electrons. The van der Waals surface area contributed by atoms with E-state index < -0.39 is 7.82 Å². The number of hydrogen-bond donors (Lipinski definition) is 3. The van der Waals surface area contributed by atoms with Crippen molar-refractivity contribution >= 4 is 25.4 Å². The summed E-state index contributed by atoms with van der Waals surface area (Å²) in [6, 6.07) is 5.44. The monoisotopic (exact) mass is 538 g/mol. The van der Waals surface area contributed by atoms with E-state index in [0.29, 0.717) is 56.1 Å². The Hall–Kier alpha value is -2.92. The number of likely N-dealkylation sites (tertiary alicyclic amines) is 1. The van der Waals surface area contributed by atoms with E-state index in [9.17, 15) is 9.36 Å². The number of rotatable bonds is 11. The van der Waals surface area contributed by atoms with Crippen molar-refractivity contribution in [1.82, 2.24) is 14.9 Å². The molecule has 1 amide bonds. The number of anilines is 2. The molecule has 12 nitrogen and oxygen atoms in total. The number of phosphoric ester groups is 1. The number of piperidine rings is 1. The molecule has 1 fully saturated rings. The molecule has 1 aliphatic rings. The number of aryl methyl sites for hydroxylation is 2. The molecule has 13 heteroatoms. The van der Waals surface area contributed by atoms with Crippen molar-refractivity contribution in [1.29, 1.82) is 0 Å². The number of aromatic nitrogens is 2. The highest BCUT2D eigenvalue weighted by Gasteiger charge is 2.26. The molecule has 0 unspecified atom stereocenters. The van der Waals surface area contributed by atoms with Gasteiger partial charge in [0.2, 0.25) is 5.75 Å². The van der Waals surface area contributed by atoms with Crippen molar-refractivity contribution in [3.63, 3.8) is 0 Å². The number of carbonyl (C=O) groups excluding carboxylic acids is 1. The highest BCUT2D eigenvalue weighted by Crippen LogP contribution is 2.37. The standard InChI is InChI=1S/C24H35N4O8P/c1-16(2)35-24(29)28-13-10-19(11-14-28)36-21-9-12-25-23(22(21)33-4)27-20-8-7-18(26-17(20)3)6-5-15-34-37(30,31)32/h7-9,12,16,19H,5-6,10-11,13-15H2,1-4H3,(H,25,27)(H2,30,31,32). The van der Waals surface area contributed by atoms with Gasteiger partial charge in [0.15, 0.2) is 11.6 Å². The molecule has 1 aliphatic heterocycles. The number of phosphoric acid groups is 1. The summed E-state index contributed by atoms with van der Waals surface area (Å²) >= 11 is 0. The fourth-order valence-corrected chi connectivity index (χ4v) is 4.24. The molecule has 3 heterocycles. The molecule has 2 aromatic rings. The highest BCUT2D eigenvalue weighted by molar-refractivity contribution is 7.46. The van der Waals surface area contributed by atoms with Crippen molar-refractivity contribution in [2.75, 3.05) is 32.1 Å². The Labute approximate surface area is 216 Å². The fraction of sp³-hybridized carbons (Fsp3) is 0.542. The number of amides is 1. The van der Waals surface area contributed by atoms with Crippen LogP contribution in [-0.4, -0.2) is 69.8 Å². The van der Waals surface area contributed by atoms with Crippen LogP contribution >= 0.6 is 7.82 Å². The predicted molar refractivity (Wildman–Crippen MR) is 136 cm³/mol. The summed E-state index contributed by atoms with van der Waals surface area (Å²) in [6.07, 6.45) is 3.38. The van der Waals surface area contributed by atoms with Crippen molar-refractivity contribution in [3.8, 4) is 11.5 Å². The third-order valence-corrected chi connectivity index (χ3v) is 6.16. The number of pyridine rings is 2. The van der Waals surface area contributed by atoms with Crippen molar-refractivity contribution in [2.45, 2.75) is 58.7 Å². The van der Waals surface area contributed by atoms with Crippen molar-refractivity contribution < 1.29 is 37.9 Å². The Kier molecular flexibility index (Phi) is 10.1. The zero-order valence-corrected chi connectivity index (χ0v) is 22.4. The quantitative estimate of drug-likeness (QED) is 0.281. The lowest BCUT2D eigenvalue weighted by Crippen LogP contribution is -2.42. The Balaban J connectivity index is 1.60. The van der Waals surface area contributed by atoms with Crippen molar-refractivity contribution in [2.24, 2.45) is 0 Å². The molecule has 3 rings (SSSR count). The Morgan fingerprint density at radius 1 is 1.24 bits per heavy atom. The van der Waals surface area contributed by atoms with E-state index in [4.69, 9.17) is 24.0 Å². The number of methoxy groups -OCH3 is 1. The molecular weight excluding hydrogens is 503 g/mol. The minimum atomic E-state index is -4.46. The van der Waals surface area contributed by atoms with Gasteiger partial charge in [-0.15, -0.1) is 0 Å². The van der Waals surface area contributed by atoms with Crippen LogP contribution in [0.2, 0.25) is 0 Å². The average Bonchev–Trinajstić information content (AvgIpc) is 2.83. The molecule has 0 atom stereocenters. The van der Waals surface area contributed by atoms with Gasteiger partial charge >= 0.3 is 13.9 Å². The minimum absolute atomic E-state index is 0.0556. The average molecular weight is 539 g/mol. The van der Waals surface area contributed by atoms with E-state index in [1.165, 1.54) is 0 Å².